The Bertz CT molecular complexity index is 154. The summed E-state index contributed by atoms with van der Waals surface area (Å²) in [5, 5.41) is 3.01. The summed E-state index contributed by atoms with van der Waals surface area (Å²) in [6, 6.07) is 0. The number of nitrogens with zero attached hydrogens (tertiary/aromatic N) is 1. The maximum Gasteiger partial charge on any atom is 0.188 e. The van der Waals surface area contributed by atoms with Crippen LogP contribution in [0.5, 0.6) is 0 Å². The van der Waals surface area contributed by atoms with E-state index in [1.54, 1.807) is 0 Å². The molecule has 0 heterocycles. The molecule has 0 amide bonds. The first-order valence-electron chi connectivity index (χ1n) is 5.41. The number of nitrogens with one attached hydrogen (secondary N) is 1. The molecule has 0 aromatic heterocycles. The van der Waals surface area contributed by atoms with Crippen LogP contribution in [-0.2, 0) is 0 Å². The smallest absolute Gasteiger partial charge is 0.188 e. The molecule has 0 spiro atoms. The monoisotopic (exact) mass is 331 g/mol. The van der Waals surface area contributed by atoms with Crippen molar-refractivity contribution in [3.63, 3.8) is 0 Å². The van der Waals surface area contributed by atoms with Crippen molar-refractivity contribution in [3.05, 3.63) is 0 Å². The molecule has 92 valence electrons. The van der Waals surface area contributed by atoms with E-state index in [1.165, 1.54) is 19.3 Å². The Hall–Kier alpha value is -0.0700. The van der Waals surface area contributed by atoms with Gasteiger partial charge in [0.2, 0.25) is 0 Å². The van der Waals surface area contributed by atoms with E-state index >= 15 is 0 Å². The van der Waals surface area contributed by atoms with Crippen LogP contribution in [-0.4, -0.2) is 25.7 Å². The van der Waals surface area contributed by atoms with Gasteiger partial charge in [-0.2, -0.15) is 0 Å². The average molecular weight is 331 g/mol. The molecule has 3 nitrogen and oxygen atoms in total. The standard InChI is InChI=1S/C10H22FN3.HI/c1-2-3-4-5-8-13-10(12)14-9-6-7-11;/h2-9H2,1H3,(H3,12,13,14);1H. The van der Waals surface area contributed by atoms with Gasteiger partial charge >= 0.3 is 0 Å². The van der Waals surface area contributed by atoms with Crippen molar-refractivity contribution < 1.29 is 4.39 Å². The maximum absolute atomic E-state index is 11.7. The number of alkyl halides is 1. The van der Waals surface area contributed by atoms with Gasteiger partial charge in [-0.15, -0.1) is 24.0 Å². The summed E-state index contributed by atoms with van der Waals surface area (Å²) >= 11 is 0. The quantitative estimate of drug-likeness (QED) is 0.311. The minimum Gasteiger partial charge on any atom is -0.370 e. The molecular weight excluding hydrogens is 308 g/mol. The van der Waals surface area contributed by atoms with Crippen molar-refractivity contribution in [1.29, 1.82) is 0 Å². The van der Waals surface area contributed by atoms with E-state index in [0.717, 1.165) is 13.0 Å². The zero-order valence-electron chi connectivity index (χ0n) is 9.47. The van der Waals surface area contributed by atoms with Crippen LogP contribution in [0, 0.1) is 0 Å². The van der Waals surface area contributed by atoms with E-state index in [4.69, 9.17) is 5.73 Å². The lowest BCUT2D eigenvalue weighted by molar-refractivity contribution is 0.477. The first-order chi connectivity index (χ1) is 6.81. The molecule has 0 aromatic carbocycles. The van der Waals surface area contributed by atoms with Gasteiger partial charge in [-0.3, -0.25) is 9.38 Å². The molecule has 0 rings (SSSR count). The van der Waals surface area contributed by atoms with Gasteiger partial charge in [0, 0.05) is 13.1 Å². The minimum absolute atomic E-state index is 0. The van der Waals surface area contributed by atoms with Gasteiger partial charge in [0.1, 0.15) is 0 Å². The third-order valence-electron chi connectivity index (χ3n) is 1.91. The molecule has 0 aliphatic rings. The van der Waals surface area contributed by atoms with Crippen LogP contribution >= 0.6 is 24.0 Å². The van der Waals surface area contributed by atoms with Gasteiger partial charge in [-0.05, 0) is 12.8 Å². The number of rotatable bonds is 8. The summed E-state index contributed by atoms with van der Waals surface area (Å²) in [7, 11) is 0. The van der Waals surface area contributed by atoms with Crippen LogP contribution in [0.25, 0.3) is 0 Å². The van der Waals surface area contributed by atoms with Crippen molar-refractivity contribution >= 4 is 29.9 Å². The van der Waals surface area contributed by atoms with Crippen LogP contribution in [0.1, 0.15) is 39.0 Å². The van der Waals surface area contributed by atoms with E-state index in [2.05, 4.69) is 17.2 Å². The van der Waals surface area contributed by atoms with Crippen molar-refractivity contribution in [2.75, 3.05) is 19.8 Å². The summed E-state index contributed by atoms with van der Waals surface area (Å²) in [4.78, 5) is 3.98. The third kappa shape index (κ3) is 13.9. The summed E-state index contributed by atoms with van der Waals surface area (Å²) in [6.45, 7) is 3.20. The molecule has 3 N–H and O–H groups in total. The fourth-order valence-corrected chi connectivity index (χ4v) is 1.08. The number of halogens is 2. The Morgan fingerprint density at radius 1 is 1.27 bits per heavy atom. The van der Waals surface area contributed by atoms with Crippen molar-refractivity contribution in [3.8, 4) is 0 Å². The summed E-state index contributed by atoms with van der Waals surface area (Å²) in [6.07, 6.45) is 5.30. The molecule has 0 saturated heterocycles. The molecule has 0 radical (unpaired) electrons. The molecule has 0 fully saturated rings. The Kier molecular flexibility index (Phi) is 16.1. The number of unbranched alkanes of at least 4 members (excludes halogenated alkanes) is 3. The predicted molar refractivity (Wildman–Crippen MR) is 74.6 cm³/mol. The largest absolute Gasteiger partial charge is 0.370 e. The average Bonchev–Trinajstić information content (AvgIpc) is 2.18. The highest BCUT2D eigenvalue weighted by atomic mass is 127. The van der Waals surface area contributed by atoms with Crippen molar-refractivity contribution in [1.82, 2.24) is 5.32 Å². The molecule has 0 aliphatic heterocycles. The first-order valence-corrected chi connectivity index (χ1v) is 5.41. The van der Waals surface area contributed by atoms with Crippen LogP contribution in [0.2, 0.25) is 0 Å². The molecule has 0 unspecified atom stereocenters. The minimum atomic E-state index is -0.326. The Balaban J connectivity index is 0. The highest BCUT2D eigenvalue weighted by Gasteiger charge is 1.91. The van der Waals surface area contributed by atoms with Crippen LogP contribution < -0.4 is 11.1 Å². The zero-order valence-corrected chi connectivity index (χ0v) is 11.8. The zero-order chi connectivity index (χ0) is 10.6. The number of nitrogens with two attached hydrogens (primary N) is 1. The molecule has 0 atom stereocenters. The van der Waals surface area contributed by atoms with Crippen molar-refractivity contribution in [2.45, 2.75) is 39.0 Å². The first kappa shape index (κ1) is 17.3. The fraction of sp³-hybridized carbons (Fsp3) is 0.900. The lowest BCUT2D eigenvalue weighted by Crippen LogP contribution is -2.32. The van der Waals surface area contributed by atoms with Crippen LogP contribution in [0.3, 0.4) is 0 Å². The molecule has 0 aromatic rings. The molecular formula is C10H23FIN3. The lowest BCUT2D eigenvalue weighted by Gasteiger charge is -2.04. The van der Waals surface area contributed by atoms with E-state index in [-0.39, 0.29) is 30.7 Å². The third-order valence-corrected chi connectivity index (χ3v) is 1.91. The predicted octanol–water partition coefficient (Wildman–Crippen LogP) is 2.45. The lowest BCUT2D eigenvalue weighted by atomic mass is 10.2. The maximum atomic E-state index is 11.7. The molecule has 0 aliphatic carbocycles. The Morgan fingerprint density at radius 2 is 2.00 bits per heavy atom. The van der Waals surface area contributed by atoms with E-state index in [1.807, 2.05) is 0 Å². The van der Waals surface area contributed by atoms with E-state index in [0.29, 0.717) is 18.9 Å². The Morgan fingerprint density at radius 3 is 2.60 bits per heavy atom. The van der Waals surface area contributed by atoms with Crippen molar-refractivity contribution in [2.24, 2.45) is 10.7 Å². The number of hydrogen-bond donors (Lipinski definition) is 2. The fourth-order valence-electron chi connectivity index (χ4n) is 1.08. The van der Waals surface area contributed by atoms with Gasteiger partial charge in [-0.25, -0.2) is 0 Å². The van der Waals surface area contributed by atoms with E-state index < -0.39 is 0 Å². The molecule has 15 heavy (non-hydrogen) atoms. The molecule has 5 heteroatoms. The Labute approximate surface area is 109 Å². The highest BCUT2D eigenvalue weighted by molar-refractivity contribution is 14.0. The topological polar surface area (TPSA) is 50.4 Å². The summed E-state index contributed by atoms with van der Waals surface area (Å²) < 4.78 is 11.7. The van der Waals surface area contributed by atoms with Crippen LogP contribution in [0.4, 0.5) is 4.39 Å². The second-order valence-corrected chi connectivity index (χ2v) is 3.30. The molecule has 0 bridgehead atoms. The molecule has 0 saturated carbocycles. The number of hydrogen-bond acceptors (Lipinski definition) is 1. The SMILES string of the molecule is CCCCCCNC(N)=NCCCF.I. The van der Waals surface area contributed by atoms with E-state index in [9.17, 15) is 4.39 Å². The summed E-state index contributed by atoms with van der Waals surface area (Å²) in [5.41, 5.74) is 5.55. The second-order valence-electron chi connectivity index (χ2n) is 3.30. The van der Waals surface area contributed by atoms with Gasteiger partial charge < -0.3 is 11.1 Å². The summed E-state index contributed by atoms with van der Waals surface area (Å²) in [5.74, 6) is 0.440. The van der Waals surface area contributed by atoms with Gasteiger partial charge in [0.15, 0.2) is 5.96 Å². The van der Waals surface area contributed by atoms with Crippen LogP contribution in [0.15, 0.2) is 4.99 Å². The van der Waals surface area contributed by atoms with Gasteiger partial charge in [-0.1, -0.05) is 26.2 Å². The normalized spacial score (nSPS) is 10.9. The number of aliphatic imine (C=N–C) groups is 1. The highest BCUT2D eigenvalue weighted by Crippen LogP contribution is 1.96. The van der Waals surface area contributed by atoms with Gasteiger partial charge in [0.25, 0.3) is 0 Å². The van der Waals surface area contributed by atoms with Gasteiger partial charge in [0.05, 0.1) is 6.67 Å². The second kappa shape index (κ2) is 13.9. The number of guanidine groups is 1.